The van der Waals surface area contributed by atoms with Crippen molar-refractivity contribution in [3.8, 4) is 0 Å². The van der Waals surface area contributed by atoms with Crippen molar-refractivity contribution >= 4 is 15.6 Å². The van der Waals surface area contributed by atoms with Crippen LogP contribution in [0.2, 0.25) is 0 Å². The maximum Gasteiger partial charge on any atom is 0.211 e. The van der Waals surface area contributed by atoms with Gasteiger partial charge in [0, 0.05) is 24.7 Å². The van der Waals surface area contributed by atoms with Gasteiger partial charge in [-0.15, -0.1) is 0 Å². The van der Waals surface area contributed by atoms with Crippen LogP contribution in [-0.4, -0.2) is 31.7 Å². The molecule has 0 spiro atoms. The topological polar surface area (TPSA) is 54.5 Å². The number of carbonyl (C=O) groups is 1. The van der Waals surface area contributed by atoms with Crippen LogP contribution in [0.15, 0.2) is 39.8 Å². The SMILES string of the molecule is CC1=C(S(=O)(=O)c2ccc(C)cc2)C(=O)C[C@@H]2CCCCN12. The largest absolute Gasteiger partial charge is 0.370 e. The Morgan fingerprint density at radius 1 is 1.09 bits per heavy atom. The van der Waals surface area contributed by atoms with Crippen molar-refractivity contribution in [2.75, 3.05) is 6.54 Å². The summed E-state index contributed by atoms with van der Waals surface area (Å²) in [7, 11) is -3.74. The minimum atomic E-state index is -3.74. The second-order valence-corrected chi connectivity index (χ2v) is 8.09. The van der Waals surface area contributed by atoms with Gasteiger partial charge in [-0.2, -0.15) is 0 Å². The van der Waals surface area contributed by atoms with Crippen LogP contribution in [-0.2, 0) is 14.6 Å². The number of Topliss-reactive ketones (excluding diaryl/α,β-unsaturated/α-hetero) is 1. The maximum atomic E-state index is 12.9. The fourth-order valence-electron chi connectivity index (χ4n) is 3.47. The third kappa shape index (κ3) is 2.47. The normalized spacial score (nSPS) is 22.7. The number of piperidine rings is 1. The molecule has 4 nitrogen and oxygen atoms in total. The monoisotopic (exact) mass is 319 g/mol. The van der Waals surface area contributed by atoms with Crippen LogP contribution >= 0.6 is 0 Å². The molecule has 0 bridgehead atoms. The molecule has 1 saturated heterocycles. The number of sulfone groups is 1. The molecule has 0 radical (unpaired) electrons. The molecular weight excluding hydrogens is 298 g/mol. The average Bonchev–Trinajstić information content (AvgIpc) is 2.47. The Balaban J connectivity index is 2.08. The Labute approximate surface area is 131 Å². The van der Waals surface area contributed by atoms with E-state index in [1.165, 1.54) is 0 Å². The number of rotatable bonds is 2. The molecule has 1 aromatic rings. The third-order valence-corrected chi connectivity index (χ3v) is 6.61. The Morgan fingerprint density at radius 2 is 1.77 bits per heavy atom. The van der Waals surface area contributed by atoms with Crippen molar-refractivity contribution in [2.45, 2.75) is 50.5 Å². The molecule has 0 N–H and O–H groups in total. The van der Waals surface area contributed by atoms with Gasteiger partial charge in [-0.1, -0.05) is 17.7 Å². The second-order valence-electron chi connectivity index (χ2n) is 6.20. The van der Waals surface area contributed by atoms with Gasteiger partial charge in [-0.3, -0.25) is 4.79 Å². The molecule has 0 amide bonds. The zero-order valence-electron chi connectivity index (χ0n) is 13.0. The van der Waals surface area contributed by atoms with E-state index in [0.717, 1.165) is 31.4 Å². The molecule has 0 unspecified atom stereocenters. The molecule has 2 aliphatic rings. The minimum Gasteiger partial charge on any atom is -0.370 e. The summed E-state index contributed by atoms with van der Waals surface area (Å²) in [5, 5.41) is 0. The van der Waals surface area contributed by atoms with Gasteiger partial charge in [0.1, 0.15) is 4.91 Å². The van der Waals surface area contributed by atoms with Crippen molar-refractivity contribution in [1.82, 2.24) is 4.90 Å². The van der Waals surface area contributed by atoms with Gasteiger partial charge >= 0.3 is 0 Å². The molecule has 22 heavy (non-hydrogen) atoms. The lowest BCUT2D eigenvalue weighted by Gasteiger charge is -2.41. The molecule has 2 aliphatic heterocycles. The van der Waals surface area contributed by atoms with Crippen molar-refractivity contribution in [2.24, 2.45) is 0 Å². The van der Waals surface area contributed by atoms with Crippen molar-refractivity contribution in [3.63, 3.8) is 0 Å². The number of nitrogens with zero attached hydrogens (tertiary/aromatic N) is 1. The summed E-state index contributed by atoms with van der Waals surface area (Å²) in [6.45, 7) is 4.53. The van der Waals surface area contributed by atoms with E-state index in [1.54, 1.807) is 31.2 Å². The quantitative estimate of drug-likeness (QED) is 0.841. The number of fused-ring (bicyclic) bond motifs is 1. The smallest absolute Gasteiger partial charge is 0.211 e. The van der Waals surface area contributed by atoms with Crippen molar-refractivity contribution in [3.05, 3.63) is 40.4 Å². The highest BCUT2D eigenvalue weighted by Gasteiger charge is 2.39. The predicted octanol–water partition coefficient (Wildman–Crippen LogP) is 2.83. The Hall–Kier alpha value is -1.62. The van der Waals surface area contributed by atoms with E-state index in [4.69, 9.17) is 0 Å². The lowest BCUT2D eigenvalue weighted by Crippen LogP contribution is -2.45. The van der Waals surface area contributed by atoms with Gasteiger partial charge in [0.2, 0.25) is 9.84 Å². The number of carbonyl (C=O) groups excluding carboxylic acids is 1. The first-order valence-corrected chi connectivity index (χ1v) is 9.22. The standard InChI is InChI=1S/C17H21NO3S/c1-12-6-8-15(9-7-12)22(20,21)17-13(2)18-10-4-3-5-14(18)11-16(17)19/h6-9,14H,3-5,10-11H2,1-2H3/t14-/m0/s1. The van der Waals surface area contributed by atoms with E-state index in [-0.39, 0.29) is 21.6 Å². The molecule has 5 heteroatoms. The molecule has 2 heterocycles. The summed E-state index contributed by atoms with van der Waals surface area (Å²) in [6.07, 6.45) is 3.46. The highest BCUT2D eigenvalue weighted by molar-refractivity contribution is 7.96. The van der Waals surface area contributed by atoms with Gasteiger partial charge in [0.15, 0.2) is 5.78 Å². The first-order chi connectivity index (χ1) is 10.4. The fraction of sp³-hybridized carbons (Fsp3) is 0.471. The number of hydrogen-bond donors (Lipinski definition) is 0. The van der Waals surface area contributed by atoms with Crippen LogP contribution in [0.4, 0.5) is 0 Å². The summed E-state index contributed by atoms with van der Waals surface area (Å²) in [5.74, 6) is -0.235. The summed E-state index contributed by atoms with van der Waals surface area (Å²) < 4.78 is 25.8. The summed E-state index contributed by atoms with van der Waals surface area (Å²) in [5.41, 5.74) is 1.62. The second kappa shape index (κ2) is 5.54. The van der Waals surface area contributed by atoms with Crippen LogP contribution in [0.5, 0.6) is 0 Å². The van der Waals surface area contributed by atoms with Gasteiger partial charge in [0.05, 0.1) is 4.90 Å². The summed E-state index contributed by atoms with van der Waals surface area (Å²) in [4.78, 5) is 14.8. The Bertz CT molecular complexity index is 732. The fourth-order valence-corrected chi connectivity index (χ4v) is 5.09. The first-order valence-electron chi connectivity index (χ1n) is 7.74. The first kappa shape index (κ1) is 15.3. The molecule has 0 saturated carbocycles. The predicted molar refractivity (Wildman–Crippen MR) is 85.0 cm³/mol. The summed E-state index contributed by atoms with van der Waals surface area (Å²) >= 11 is 0. The number of aryl methyl sites for hydroxylation is 1. The molecule has 3 rings (SSSR count). The van der Waals surface area contributed by atoms with Crippen LogP contribution < -0.4 is 0 Å². The highest BCUT2D eigenvalue weighted by Crippen LogP contribution is 2.35. The molecule has 118 valence electrons. The van der Waals surface area contributed by atoms with Gasteiger partial charge < -0.3 is 4.90 Å². The van der Waals surface area contributed by atoms with E-state index < -0.39 is 9.84 Å². The summed E-state index contributed by atoms with van der Waals surface area (Å²) in [6, 6.07) is 6.87. The zero-order valence-corrected chi connectivity index (χ0v) is 13.8. The Morgan fingerprint density at radius 3 is 2.45 bits per heavy atom. The molecule has 1 aromatic carbocycles. The zero-order chi connectivity index (χ0) is 15.9. The van der Waals surface area contributed by atoms with Crippen LogP contribution in [0, 0.1) is 6.92 Å². The van der Waals surface area contributed by atoms with Crippen molar-refractivity contribution in [1.29, 1.82) is 0 Å². The van der Waals surface area contributed by atoms with Gasteiger partial charge in [-0.05, 0) is 45.2 Å². The van der Waals surface area contributed by atoms with Crippen LogP contribution in [0.1, 0.15) is 38.2 Å². The lowest BCUT2D eigenvalue weighted by molar-refractivity contribution is -0.117. The third-order valence-electron chi connectivity index (χ3n) is 4.66. The van der Waals surface area contributed by atoms with E-state index in [1.807, 2.05) is 6.92 Å². The van der Waals surface area contributed by atoms with Crippen molar-refractivity contribution < 1.29 is 13.2 Å². The molecule has 0 aromatic heterocycles. The molecule has 1 atom stereocenters. The number of benzene rings is 1. The van der Waals surface area contributed by atoms with E-state index >= 15 is 0 Å². The average molecular weight is 319 g/mol. The van der Waals surface area contributed by atoms with Crippen LogP contribution in [0.25, 0.3) is 0 Å². The molecular formula is C17H21NO3S. The Kier molecular flexibility index (Phi) is 3.85. The van der Waals surface area contributed by atoms with Gasteiger partial charge in [0.25, 0.3) is 0 Å². The molecule has 0 aliphatic carbocycles. The molecule has 1 fully saturated rings. The lowest BCUT2D eigenvalue weighted by atomic mass is 9.93. The van der Waals surface area contributed by atoms with Gasteiger partial charge in [-0.25, -0.2) is 8.42 Å². The van der Waals surface area contributed by atoms with E-state index in [9.17, 15) is 13.2 Å². The number of hydrogen-bond acceptors (Lipinski definition) is 4. The van der Waals surface area contributed by atoms with E-state index in [2.05, 4.69) is 4.90 Å². The van der Waals surface area contributed by atoms with Crippen LogP contribution in [0.3, 0.4) is 0 Å². The number of allylic oxidation sites excluding steroid dienone is 2. The maximum absolute atomic E-state index is 12.9. The minimum absolute atomic E-state index is 0.00509. The van der Waals surface area contributed by atoms with E-state index in [0.29, 0.717) is 12.1 Å². The number of ketones is 1. The highest BCUT2D eigenvalue weighted by atomic mass is 32.2.